The third-order valence-electron chi connectivity index (χ3n) is 3.01. The van der Waals surface area contributed by atoms with Crippen LogP contribution in [-0.2, 0) is 4.79 Å². The minimum absolute atomic E-state index is 0.235. The topological polar surface area (TPSA) is 56.5 Å². The van der Waals surface area contributed by atoms with Gasteiger partial charge in [-0.3, -0.25) is 15.1 Å². The van der Waals surface area contributed by atoms with Crippen molar-refractivity contribution >= 4 is 34.4 Å². The van der Waals surface area contributed by atoms with Gasteiger partial charge in [0.2, 0.25) is 0 Å². The SMILES string of the molecule is CC1C(=N)N2C(c3ccccc3)=CSC2=NC1=O. The van der Waals surface area contributed by atoms with Crippen molar-refractivity contribution in [1.82, 2.24) is 4.90 Å². The Morgan fingerprint density at radius 3 is 2.78 bits per heavy atom. The molecule has 1 atom stereocenters. The largest absolute Gasteiger partial charge is 0.287 e. The van der Waals surface area contributed by atoms with E-state index in [4.69, 9.17) is 5.41 Å². The third-order valence-corrected chi connectivity index (χ3v) is 3.83. The Hall–Kier alpha value is -1.88. The summed E-state index contributed by atoms with van der Waals surface area (Å²) in [6, 6.07) is 9.85. The number of nitrogens with zero attached hydrogens (tertiary/aromatic N) is 2. The number of aliphatic imine (C=N–C) groups is 1. The molecule has 4 nitrogen and oxygen atoms in total. The maximum Gasteiger partial charge on any atom is 0.258 e. The molecule has 0 fully saturated rings. The van der Waals surface area contributed by atoms with E-state index in [1.165, 1.54) is 11.8 Å². The molecule has 0 saturated carbocycles. The van der Waals surface area contributed by atoms with Gasteiger partial charge >= 0.3 is 0 Å². The molecule has 0 radical (unpaired) electrons. The number of amidine groups is 2. The fourth-order valence-corrected chi connectivity index (χ4v) is 2.84. The minimum Gasteiger partial charge on any atom is -0.287 e. The molecule has 1 unspecified atom stereocenters. The van der Waals surface area contributed by atoms with Crippen molar-refractivity contribution in [3.05, 3.63) is 41.3 Å². The van der Waals surface area contributed by atoms with Crippen LogP contribution in [0.3, 0.4) is 0 Å². The van der Waals surface area contributed by atoms with Crippen molar-refractivity contribution in [2.45, 2.75) is 6.92 Å². The normalized spacial score (nSPS) is 22.7. The number of benzene rings is 1. The number of hydrogen-bond acceptors (Lipinski definition) is 3. The summed E-state index contributed by atoms with van der Waals surface area (Å²) in [5.41, 5.74) is 1.95. The number of carbonyl (C=O) groups excluding carboxylic acids is 1. The first-order chi connectivity index (χ1) is 8.68. The number of nitrogens with one attached hydrogen (secondary N) is 1. The zero-order valence-electron chi connectivity index (χ0n) is 9.75. The molecule has 0 spiro atoms. The first-order valence-corrected chi connectivity index (χ1v) is 6.50. The molecule has 90 valence electrons. The van der Waals surface area contributed by atoms with E-state index in [9.17, 15) is 4.79 Å². The standard InChI is InChI=1S/C13H11N3OS/c1-8-11(14)16-10(9-5-3-2-4-6-9)7-18-13(16)15-12(8)17/h2-8,14H,1H3. The molecule has 2 aliphatic heterocycles. The lowest BCUT2D eigenvalue weighted by Crippen LogP contribution is -2.41. The lowest BCUT2D eigenvalue weighted by atomic mass is 10.1. The Morgan fingerprint density at radius 2 is 2.06 bits per heavy atom. The van der Waals surface area contributed by atoms with Crippen LogP contribution in [-0.4, -0.2) is 21.8 Å². The maximum absolute atomic E-state index is 11.6. The van der Waals surface area contributed by atoms with Crippen LogP contribution in [0.15, 0.2) is 40.7 Å². The van der Waals surface area contributed by atoms with Crippen LogP contribution in [0.25, 0.3) is 5.70 Å². The molecule has 1 amide bonds. The molecule has 1 aromatic carbocycles. The second kappa shape index (κ2) is 4.10. The van der Waals surface area contributed by atoms with E-state index in [0.717, 1.165) is 11.3 Å². The van der Waals surface area contributed by atoms with Gasteiger partial charge in [-0.25, -0.2) is 0 Å². The summed E-state index contributed by atoms with van der Waals surface area (Å²) in [7, 11) is 0. The van der Waals surface area contributed by atoms with E-state index >= 15 is 0 Å². The number of rotatable bonds is 1. The highest BCUT2D eigenvalue weighted by molar-refractivity contribution is 8.17. The molecule has 5 heteroatoms. The molecule has 2 heterocycles. The van der Waals surface area contributed by atoms with E-state index in [0.29, 0.717) is 11.0 Å². The van der Waals surface area contributed by atoms with Gasteiger partial charge in [0, 0.05) is 5.41 Å². The second-order valence-electron chi connectivity index (χ2n) is 4.16. The monoisotopic (exact) mass is 257 g/mol. The van der Waals surface area contributed by atoms with E-state index < -0.39 is 5.92 Å². The van der Waals surface area contributed by atoms with Gasteiger partial charge < -0.3 is 0 Å². The fourth-order valence-electron chi connectivity index (χ4n) is 1.93. The highest BCUT2D eigenvalue weighted by Crippen LogP contribution is 2.36. The first-order valence-electron chi connectivity index (χ1n) is 5.62. The number of hydrogen-bond donors (Lipinski definition) is 1. The molecular formula is C13H11N3OS. The predicted octanol–water partition coefficient (Wildman–Crippen LogP) is 2.54. The first kappa shape index (κ1) is 11.2. The van der Waals surface area contributed by atoms with Gasteiger partial charge in [0.05, 0.1) is 11.6 Å². The Kier molecular flexibility index (Phi) is 2.56. The summed E-state index contributed by atoms with van der Waals surface area (Å²) < 4.78 is 0. The average Bonchev–Trinajstić information content (AvgIpc) is 2.81. The van der Waals surface area contributed by atoms with Crippen molar-refractivity contribution in [1.29, 1.82) is 5.41 Å². The smallest absolute Gasteiger partial charge is 0.258 e. The second-order valence-corrected chi connectivity index (χ2v) is 5.00. The summed E-state index contributed by atoms with van der Waals surface area (Å²) in [4.78, 5) is 17.4. The Morgan fingerprint density at radius 1 is 1.33 bits per heavy atom. The van der Waals surface area contributed by atoms with Gasteiger partial charge in [-0.15, -0.1) is 0 Å². The van der Waals surface area contributed by atoms with Gasteiger partial charge in [-0.2, -0.15) is 4.99 Å². The molecule has 0 aromatic heterocycles. The van der Waals surface area contributed by atoms with Crippen molar-refractivity contribution in [3.63, 3.8) is 0 Å². The van der Waals surface area contributed by atoms with Crippen molar-refractivity contribution in [2.75, 3.05) is 0 Å². The highest BCUT2D eigenvalue weighted by Gasteiger charge is 2.37. The maximum atomic E-state index is 11.6. The Balaban J connectivity index is 2.04. The van der Waals surface area contributed by atoms with E-state index in [2.05, 4.69) is 4.99 Å². The lowest BCUT2D eigenvalue weighted by molar-refractivity contribution is -0.119. The summed E-state index contributed by atoms with van der Waals surface area (Å²) in [5, 5.41) is 10.6. The van der Waals surface area contributed by atoms with Gasteiger partial charge in [-0.05, 0) is 12.5 Å². The van der Waals surface area contributed by atoms with Gasteiger partial charge in [0.1, 0.15) is 5.84 Å². The highest BCUT2D eigenvalue weighted by atomic mass is 32.2. The Bertz CT molecular complexity index is 592. The lowest BCUT2D eigenvalue weighted by Gasteiger charge is -2.28. The summed E-state index contributed by atoms with van der Waals surface area (Å²) in [6.07, 6.45) is 0. The van der Waals surface area contributed by atoms with Gasteiger partial charge in [-0.1, -0.05) is 42.1 Å². The van der Waals surface area contributed by atoms with Crippen LogP contribution in [0.2, 0.25) is 0 Å². The number of carbonyl (C=O) groups is 1. The van der Waals surface area contributed by atoms with E-state index in [-0.39, 0.29) is 5.91 Å². The molecule has 0 aliphatic carbocycles. The van der Waals surface area contributed by atoms with E-state index in [1.54, 1.807) is 11.8 Å². The molecule has 3 rings (SSSR count). The molecule has 18 heavy (non-hydrogen) atoms. The molecule has 2 aliphatic rings. The van der Waals surface area contributed by atoms with E-state index in [1.807, 2.05) is 35.7 Å². The molecule has 1 aromatic rings. The zero-order valence-corrected chi connectivity index (χ0v) is 10.6. The average molecular weight is 257 g/mol. The van der Waals surface area contributed by atoms with Crippen LogP contribution in [0.1, 0.15) is 12.5 Å². The molecule has 0 bridgehead atoms. The Labute approximate surface area is 109 Å². The molecule has 1 N–H and O–H groups in total. The molecular weight excluding hydrogens is 246 g/mol. The third kappa shape index (κ3) is 1.59. The van der Waals surface area contributed by atoms with Crippen LogP contribution in [0.5, 0.6) is 0 Å². The number of amides is 1. The quantitative estimate of drug-likeness (QED) is 0.841. The summed E-state index contributed by atoms with van der Waals surface area (Å²) >= 11 is 1.39. The minimum atomic E-state index is -0.473. The number of fused-ring (bicyclic) bond motifs is 1. The molecule has 0 saturated heterocycles. The van der Waals surface area contributed by atoms with Gasteiger partial charge in [0.25, 0.3) is 5.91 Å². The number of thioether (sulfide) groups is 1. The van der Waals surface area contributed by atoms with Crippen LogP contribution in [0.4, 0.5) is 0 Å². The predicted molar refractivity (Wildman–Crippen MR) is 73.2 cm³/mol. The van der Waals surface area contributed by atoms with Crippen molar-refractivity contribution in [3.8, 4) is 0 Å². The van der Waals surface area contributed by atoms with Gasteiger partial charge in [0.15, 0.2) is 5.17 Å². The zero-order chi connectivity index (χ0) is 12.7. The summed E-state index contributed by atoms with van der Waals surface area (Å²) in [5.74, 6) is -0.411. The van der Waals surface area contributed by atoms with Crippen molar-refractivity contribution in [2.24, 2.45) is 10.9 Å². The van der Waals surface area contributed by atoms with Crippen LogP contribution >= 0.6 is 11.8 Å². The summed E-state index contributed by atoms with van der Waals surface area (Å²) in [6.45, 7) is 1.72. The fraction of sp³-hybridized carbons (Fsp3) is 0.154. The van der Waals surface area contributed by atoms with Crippen LogP contribution < -0.4 is 0 Å². The van der Waals surface area contributed by atoms with Crippen molar-refractivity contribution < 1.29 is 4.79 Å². The van der Waals surface area contributed by atoms with Crippen LogP contribution in [0, 0.1) is 11.3 Å².